The normalized spacial score (nSPS) is 11.4. The summed E-state index contributed by atoms with van der Waals surface area (Å²) in [4.78, 5) is 4.01. The second-order valence-corrected chi connectivity index (χ2v) is 4.65. The van der Waals surface area contributed by atoms with Crippen molar-refractivity contribution in [3.63, 3.8) is 0 Å². The molecule has 0 amide bonds. The van der Waals surface area contributed by atoms with Crippen LogP contribution in [0.4, 0.5) is 11.9 Å². The molecule has 0 radical (unpaired) electrons. The lowest BCUT2D eigenvalue weighted by molar-refractivity contribution is 0.555. The van der Waals surface area contributed by atoms with E-state index < -0.39 is 0 Å². The number of benzene rings is 1. The topological polar surface area (TPSA) is 79.6 Å². The molecule has 0 saturated carbocycles. The van der Waals surface area contributed by atoms with Gasteiger partial charge in [0.05, 0.1) is 0 Å². The Labute approximate surface area is 100 Å². The van der Waals surface area contributed by atoms with Crippen LogP contribution in [-0.2, 0) is 5.41 Å². The summed E-state index contributed by atoms with van der Waals surface area (Å²) in [7, 11) is 0. The van der Waals surface area contributed by atoms with Crippen LogP contribution in [0.25, 0.3) is 0 Å². The van der Waals surface area contributed by atoms with Crippen LogP contribution in [0.3, 0.4) is 0 Å². The predicted molar refractivity (Wildman–Crippen MR) is 68.8 cm³/mol. The van der Waals surface area contributed by atoms with Crippen molar-refractivity contribution < 1.29 is 0 Å². The zero-order valence-corrected chi connectivity index (χ0v) is 10.1. The van der Waals surface area contributed by atoms with Gasteiger partial charge in [0.15, 0.2) is 0 Å². The Bertz CT molecular complexity index is 475. The SMILES string of the molecule is CC(C)(CNc1n[nH]c(N)n1)c1ccccc1. The molecule has 5 nitrogen and oxygen atoms in total. The van der Waals surface area contributed by atoms with Crippen molar-refractivity contribution in [1.29, 1.82) is 0 Å². The fraction of sp³-hybridized carbons (Fsp3) is 0.333. The fourth-order valence-electron chi connectivity index (χ4n) is 1.64. The highest BCUT2D eigenvalue weighted by Gasteiger charge is 2.20. The number of nitrogen functional groups attached to an aromatic ring is 1. The molecule has 0 atom stereocenters. The lowest BCUT2D eigenvalue weighted by Crippen LogP contribution is -2.27. The van der Waals surface area contributed by atoms with Crippen molar-refractivity contribution in [2.45, 2.75) is 19.3 Å². The number of rotatable bonds is 4. The van der Waals surface area contributed by atoms with E-state index >= 15 is 0 Å². The van der Waals surface area contributed by atoms with E-state index in [0.717, 1.165) is 6.54 Å². The molecule has 2 aromatic rings. The van der Waals surface area contributed by atoms with Gasteiger partial charge >= 0.3 is 0 Å². The van der Waals surface area contributed by atoms with Gasteiger partial charge in [-0.25, -0.2) is 5.10 Å². The Morgan fingerprint density at radius 3 is 2.59 bits per heavy atom. The molecule has 0 saturated heterocycles. The first-order valence-electron chi connectivity index (χ1n) is 5.55. The molecule has 0 bridgehead atoms. The third-order valence-electron chi connectivity index (χ3n) is 2.75. The van der Waals surface area contributed by atoms with Crippen molar-refractivity contribution >= 4 is 11.9 Å². The lowest BCUT2D eigenvalue weighted by Gasteiger charge is -2.25. The van der Waals surface area contributed by atoms with E-state index in [4.69, 9.17) is 5.73 Å². The monoisotopic (exact) mass is 231 g/mol. The summed E-state index contributed by atoms with van der Waals surface area (Å²) >= 11 is 0. The zero-order chi connectivity index (χ0) is 12.3. The van der Waals surface area contributed by atoms with Crippen molar-refractivity contribution in [3.8, 4) is 0 Å². The average Bonchev–Trinajstić information content (AvgIpc) is 2.74. The third-order valence-corrected chi connectivity index (χ3v) is 2.75. The maximum Gasteiger partial charge on any atom is 0.243 e. The highest BCUT2D eigenvalue weighted by molar-refractivity contribution is 5.32. The Morgan fingerprint density at radius 2 is 2.00 bits per heavy atom. The van der Waals surface area contributed by atoms with Gasteiger partial charge in [-0.3, -0.25) is 0 Å². The number of hydrogen-bond acceptors (Lipinski definition) is 4. The summed E-state index contributed by atoms with van der Waals surface area (Å²) in [6, 6.07) is 10.3. The van der Waals surface area contributed by atoms with Gasteiger partial charge in [0.2, 0.25) is 11.9 Å². The van der Waals surface area contributed by atoms with Crippen LogP contribution in [0.15, 0.2) is 30.3 Å². The first kappa shape index (κ1) is 11.4. The quantitative estimate of drug-likeness (QED) is 0.749. The maximum absolute atomic E-state index is 5.46. The van der Waals surface area contributed by atoms with Crippen molar-refractivity contribution in [2.24, 2.45) is 0 Å². The van der Waals surface area contributed by atoms with Gasteiger partial charge in [0, 0.05) is 12.0 Å². The first-order chi connectivity index (χ1) is 8.08. The standard InChI is InChI=1S/C12H17N5/c1-12(2,9-6-4-3-5-7-9)8-14-11-15-10(13)16-17-11/h3-7H,8H2,1-2H3,(H4,13,14,15,16,17). The molecule has 0 aliphatic rings. The Hall–Kier alpha value is -2.04. The van der Waals surface area contributed by atoms with Crippen molar-refractivity contribution in [3.05, 3.63) is 35.9 Å². The molecule has 5 heteroatoms. The van der Waals surface area contributed by atoms with Crippen LogP contribution in [0.2, 0.25) is 0 Å². The number of hydrogen-bond donors (Lipinski definition) is 3. The van der Waals surface area contributed by atoms with Crippen LogP contribution in [0.5, 0.6) is 0 Å². The number of nitrogens with zero attached hydrogens (tertiary/aromatic N) is 2. The molecule has 1 aromatic heterocycles. The molecule has 2 rings (SSSR count). The average molecular weight is 231 g/mol. The first-order valence-corrected chi connectivity index (χ1v) is 5.55. The molecular weight excluding hydrogens is 214 g/mol. The van der Waals surface area contributed by atoms with Gasteiger partial charge in [-0.2, -0.15) is 4.98 Å². The number of nitrogens with one attached hydrogen (secondary N) is 2. The second-order valence-electron chi connectivity index (χ2n) is 4.65. The smallest absolute Gasteiger partial charge is 0.243 e. The van der Waals surface area contributed by atoms with E-state index in [1.807, 2.05) is 18.2 Å². The van der Waals surface area contributed by atoms with E-state index in [1.165, 1.54) is 5.56 Å². The molecule has 0 unspecified atom stereocenters. The molecule has 1 heterocycles. The largest absolute Gasteiger partial charge is 0.368 e. The molecule has 0 aliphatic heterocycles. The van der Waals surface area contributed by atoms with Gasteiger partial charge in [-0.1, -0.05) is 44.2 Å². The van der Waals surface area contributed by atoms with Crippen molar-refractivity contribution in [1.82, 2.24) is 15.2 Å². The Morgan fingerprint density at radius 1 is 1.29 bits per heavy atom. The van der Waals surface area contributed by atoms with Gasteiger partial charge in [-0.15, -0.1) is 5.10 Å². The summed E-state index contributed by atoms with van der Waals surface area (Å²) < 4.78 is 0. The highest BCUT2D eigenvalue weighted by atomic mass is 15.3. The van der Waals surface area contributed by atoms with Gasteiger partial charge in [0.1, 0.15) is 0 Å². The summed E-state index contributed by atoms with van der Waals surface area (Å²) in [6.45, 7) is 5.09. The van der Waals surface area contributed by atoms with Gasteiger partial charge < -0.3 is 11.1 Å². The molecule has 90 valence electrons. The number of anilines is 2. The van der Waals surface area contributed by atoms with Crippen LogP contribution >= 0.6 is 0 Å². The Kier molecular flexibility index (Phi) is 2.99. The predicted octanol–water partition coefficient (Wildman–Crippen LogP) is 1.78. The molecule has 4 N–H and O–H groups in total. The molecule has 1 aromatic carbocycles. The number of H-pyrrole nitrogens is 1. The number of aromatic amines is 1. The van der Waals surface area contributed by atoms with E-state index in [0.29, 0.717) is 11.9 Å². The molecule has 0 spiro atoms. The zero-order valence-electron chi connectivity index (χ0n) is 10.1. The summed E-state index contributed by atoms with van der Waals surface area (Å²) in [6.07, 6.45) is 0. The van der Waals surface area contributed by atoms with Crippen LogP contribution in [0, 0.1) is 0 Å². The van der Waals surface area contributed by atoms with E-state index in [-0.39, 0.29) is 5.41 Å². The molecule has 17 heavy (non-hydrogen) atoms. The second kappa shape index (κ2) is 4.45. The summed E-state index contributed by atoms with van der Waals surface area (Å²) in [5.41, 5.74) is 6.74. The van der Waals surface area contributed by atoms with E-state index in [9.17, 15) is 0 Å². The number of nitrogens with two attached hydrogens (primary N) is 1. The minimum absolute atomic E-state index is 0.0106. The minimum Gasteiger partial charge on any atom is -0.368 e. The molecular formula is C12H17N5. The van der Waals surface area contributed by atoms with Crippen molar-refractivity contribution in [2.75, 3.05) is 17.6 Å². The Balaban J connectivity index is 2.03. The fourth-order valence-corrected chi connectivity index (χ4v) is 1.64. The van der Waals surface area contributed by atoms with Crippen LogP contribution < -0.4 is 11.1 Å². The minimum atomic E-state index is 0.0106. The third kappa shape index (κ3) is 2.75. The van der Waals surface area contributed by atoms with Crippen LogP contribution in [0.1, 0.15) is 19.4 Å². The molecule has 0 fully saturated rings. The van der Waals surface area contributed by atoms with Gasteiger partial charge in [0.25, 0.3) is 0 Å². The van der Waals surface area contributed by atoms with E-state index in [1.54, 1.807) is 0 Å². The number of aromatic nitrogens is 3. The highest BCUT2D eigenvalue weighted by Crippen LogP contribution is 2.22. The summed E-state index contributed by atoms with van der Waals surface area (Å²) in [5.74, 6) is 0.858. The van der Waals surface area contributed by atoms with E-state index in [2.05, 4.69) is 46.5 Å². The summed E-state index contributed by atoms with van der Waals surface area (Å²) in [5, 5.41) is 9.71. The van der Waals surface area contributed by atoms with Crippen LogP contribution in [-0.4, -0.2) is 21.7 Å². The lowest BCUT2D eigenvalue weighted by atomic mass is 9.85. The van der Waals surface area contributed by atoms with Gasteiger partial charge in [-0.05, 0) is 5.56 Å². The maximum atomic E-state index is 5.46. The molecule has 0 aliphatic carbocycles.